The molecule has 1 atom stereocenters. The van der Waals surface area contributed by atoms with Crippen LogP contribution in [0.3, 0.4) is 0 Å². The summed E-state index contributed by atoms with van der Waals surface area (Å²) in [5, 5.41) is 2.97. The molecule has 6 heteroatoms. The second kappa shape index (κ2) is 10.2. The SMILES string of the molecule is CC1=C(CC(=O)NCCCN(C)C)c2cc(F)ccc2/C1=C\c1ccc(S(C)=O)cc1. The van der Waals surface area contributed by atoms with Gasteiger partial charge in [0.1, 0.15) is 5.82 Å². The molecule has 164 valence electrons. The second-order valence-electron chi connectivity index (χ2n) is 8.06. The molecule has 1 amide bonds. The molecule has 0 fully saturated rings. The highest BCUT2D eigenvalue weighted by atomic mass is 32.2. The van der Waals surface area contributed by atoms with Crippen molar-refractivity contribution in [2.75, 3.05) is 33.4 Å². The van der Waals surface area contributed by atoms with Gasteiger partial charge in [0, 0.05) is 28.5 Å². The second-order valence-corrected chi connectivity index (χ2v) is 9.44. The molecule has 1 N–H and O–H groups in total. The maximum Gasteiger partial charge on any atom is 0.224 e. The van der Waals surface area contributed by atoms with Gasteiger partial charge in [-0.2, -0.15) is 0 Å². The van der Waals surface area contributed by atoms with E-state index in [1.807, 2.05) is 51.4 Å². The normalized spacial score (nSPS) is 15.5. The smallest absolute Gasteiger partial charge is 0.224 e. The zero-order valence-corrected chi connectivity index (χ0v) is 19.3. The molecule has 0 aromatic heterocycles. The number of halogens is 1. The van der Waals surface area contributed by atoms with Crippen LogP contribution in [0.15, 0.2) is 52.9 Å². The summed E-state index contributed by atoms with van der Waals surface area (Å²) in [5.41, 5.74) is 5.49. The molecule has 0 radical (unpaired) electrons. The Morgan fingerprint density at radius 2 is 1.84 bits per heavy atom. The summed E-state index contributed by atoms with van der Waals surface area (Å²) in [6, 6.07) is 12.3. The van der Waals surface area contributed by atoms with E-state index in [0.717, 1.165) is 51.3 Å². The molecular weight excluding hydrogens is 411 g/mol. The van der Waals surface area contributed by atoms with E-state index in [-0.39, 0.29) is 18.1 Å². The number of fused-ring (bicyclic) bond motifs is 1. The van der Waals surface area contributed by atoms with Crippen molar-refractivity contribution in [3.63, 3.8) is 0 Å². The first-order valence-electron chi connectivity index (χ1n) is 10.3. The lowest BCUT2D eigenvalue weighted by Crippen LogP contribution is -2.27. The average Bonchev–Trinajstić information content (AvgIpc) is 2.96. The van der Waals surface area contributed by atoms with E-state index in [4.69, 9.17) is 0 Å². The van der Waals surface area contributed by atoms with E-state index < -0.39 is 10.8 Å². The zero-order chi connectivity index (χ0) is 22.5. The first kappa shape index (κ1) is 23.1. The summed E-state index contributed by atoms with van der Waals surface area (Å²) < 4.78 is 25.7. The van der Waals surface area contributed by atoms with E-state index in [1.54, 1.807) is 12.3 Å². The number of carbonyl (C=O) groups is 1. The molecule has 1 aliphatic carbocycles. The van der Waals surface area contributed by atoms with E-state index in [2.05, 4.69) is 10.2 Å². The largest absolute Gasteiger partial charge is 0.356 e. The van der Waals surface area contributed by atoms with Crippen LogP contribution in [0.5, 0.6) is 0 Å². The molecular formula is C25H29FN2O2S. The predicted octanol–water partition coefficient (Wildman–Crippen LogP) is 4.35. The van der Waals surface area contributed by atoms with Crippen molar-refractivity contribution in [1.29, 1.82) is 0 Å². The maximum absolute atomic E-state index is 14.0. The number of hydrogen-bond acceptors (Lipinski definition) is 3. The van der Waals surface area contributed by atoms with Gasteiger partial charge in [0.05, 0.1) is 6.42 Å². The molecule has 0 saturated heterocycles. The van der Waals surface area contributed by atoms with Gasteiger partial charge in [0.2, 0.25) is 5.91 Å². The van der Waals surface area contributed by atoms with Crippen molar-refractivity contribution in [1.82, 2.24) is 10.2 Å². The molecule has 1 unspecified atom stereocenters. The third-order valence-corrected chi connectivity index (χ3v) is 6.35. The summed E-state index contributed by atoms with van der Waals surface area (Å²) in [4.78, 5) is 15.4. The van der Waals surface area contributed by atoms with E-state index in [9.17, 15) is 13.4 Å². The Morgan fingerprint density at radius 1 is 1.13 bits per heavy atom. The molecule has 0 aliphatic heterocycles. The molecule has 1 aliphatic rings. The van der Waals surface area contributed by atoms with Crippen LogP contribution in [-0.4, -0.2) is 48.5 Å². The molecule has 2 aromatic carbocycles. The van der Waals surface area contributed by atoms with Crippen LogP contribution < -0.4 is 5.32 Å². The summed E-state index contributed by atoms with van der Waals surface area (Å²) in [5.74, 6) is -0.370. The van der Waals surface area contributed by atoms with Gasteiger partial charge in [-0.25, -0.2) is 4.39 Å². The van der Waals surface area contributed by atoms with Gasteiger partial charge in [-0.05, 0) is 97.7 Å². The molecule has 3 rings (SSSR count). The summed E-state index contributed by atoms with van der Waals surface area (Å²) in [6.07, 6.45) is 4.79. The molecule has 0 saturated carbocycles. The number of rotatable bonds is 8. The Labute approximate surface area is 186 Å². The van der Waals surface area contributed by atoms with Crippen molar-refractivity contribution in [3.05, 3.63) is 70.5 Å². The average molecular weight is 441 g/mol. The summed E-state index contributed by atoms with van der Waals surface area (Å²) >= 11 is 0. The number of nitrogens with zero attached hydrogens (tertiary/aromatic N) is 1. The fourth-order valence-corrected chi connectivity index (χ4v) is 4.27. The van der Waals surface area contributed by atoms with Gasteiger partial charge in [-0.1, -0.05) is 18.2 Å². The fraction of sp³-hybridized carbons (Fsp3) is 0.320. The quantitative estimate of drug-likeness (QED) is 0.621. The van der Waals surface area contributed by atoms with Crippen molar-refractivity contribution >= 4 is 33.9 Å². The van der Waals surface area contributed by atoms with Crippen LogP contribution in [0.2, 0.25) is 0 Å². The van der Waals surface area contributed by atoms with E-state index >= 15 is 0 Å². The van der Waals surface area contributed by atoms with Crippen molar-refractivity contribution in [3.8, 4) is 0 Å². The lowest BCUT2D eigenvalue weighted by Gasteiger charge is -2.11. The number of benzene rings is 2. The maximum atomic E-state index is 14.0. The van der Waals surface area contributed by atoms with Gasteiger partial charge in [-0.15, -0.1) is 0 Å². The molecule has 0 bridgehead atoms. The lowest BCUT2D eigenvalue weighted by atomic mass is 10.0. The fourth-order valence-electron chi connectivity index (χ4n) is 3.75. The lowest BCUT2D eigenvalue weighted by molar-refractivity contribution is -0.120. The topological polar surface area (TPSA) is 49.4 Å². The van der Waals surface area contributed by atoms with Gasteiger partial charge in [0.15, 0.2) is 0 Å². The van der Waals surface area contributed by atoms with Crippen molar-refractivity contribution in [2.45, 2.75) is 24.7 Å². The highest BCUT2D eigenvalue weighted by Gasteiger charge is 2.25. The monoisotopic (exact) mass is 440 g/mol. The standard InChI is InChI=1S/C25H29FN2O2S/c1-17-22(14-18-6-9-20(10-7-18)31(4)30)21-11-8-19(26)15-24(21)23(17)16-25(29)27-12-5-13-28(2)3/h6-11,14-15H,5,12-13,16H2,1-4H3,(H,27,29)/b22-14-. The summed E-state index contributed by atoms with van der Waals surface area (Å²) in [6.45, 7) is 3.51. The van der Waals surface area contributed by atoms with E-state index in [1.165, 1.54) is 12.1 Å². The summed E-state index contributed by atoms with van der Waals surface area (Å²) in [7, 11) is 2.98. The van der Waals surface area contributed by atoms with Gasteiger partial charge >= 0.3 is 0 Å². The molecule has 4 nitrogen and oxygen atoms in total. The molecule has 2 aromatic rings. The Kier molecular flexibility index (Phi) is 7.57. The first-order valence-corrected chi connectivity index (χ1v) is 11.9. The predicted molar refractivity (Wildman–Crippen MR) is 126 cm³/mol. The number of carbonyl (C=O) groups excluding carboxylic acids is 1. The van der Waals surface area contributed by atoms with Crippen LogP contribution in [0, 0.1) is 5.82 Å². The van der Waals surface area contributed by atoms with Crippen LogP contribution >= 0.6 is 0 Å². The van der Waals surface area contributed by atoms with Gasteiger partial charge in [0.25, 0.3) is 0 Å². The van der Waals surface area contributed by atoms with Crippen molar-refractivity contribution in [2.24, 2.45) is 0 Å². The van der Waals surface area contributed by atoms with Crippen molar-refractivity contribution < 1.29 is 13.4 Å². The number of nitrogens with one attached hydrogen (secondary N) is 1. The van der Waals surface area contributed by atoms with Crippen LogP contribution in [-0.2, 0) is 15.6 Å². The molecule has 0 spiro atoms. The Balaban J connectivity index is 1.86. The van der Waals surface area contributed by atoms with Crippen LogP contribution in [0.4, 0.5) is 4.39 Å². The minimum atomic E-state index is -1.02. The number of allylic oxidation sites excluding steroid dienone is 2. The minimum Gasteiger partial charge on any atom is -0.356 e. The minimum absolute atomic E-state index is 0.0562. The Hall–Kier alpha value is -2.57. The Morgan fingerprint density at radius 3 is 2.48 bits per heavy atom. The van der Waals surface area contributed by atoms with Crippen LogP contribution in [0.25, 0.3) is 17.2 Å². The van der Waals surface area contributed by atoms with E-state index in [0.29, 0.717) is 6.54 Å². The number of amides is 1. The van der Waals surface area contributed by atoms with Crippen LogP contribution in [0.1, 0.15) is 36.5 Å². The highest BCUT2D eigenvalue weighted by Crippen LogP contribution is 2.43. The third kappa shape index (κ3) is 5.77. The number of hydrogen-bond donors (Lipinski definition) is 1. The first-order chi connectivity index (χ1) is 14.8. The molecule has 0 heterocycles. The zero-order valence-electron chi connectivity index (χ0n) is 18.5. The Bertz CT molecular complexity index is 1060. The van der Waals surface area contributed by atoms with Gasteiger partial charge < -0.3 is 10.2 Å². The third-order valence-electron chi connectivity index (χ3n) is 5.42. The highest BCUT2D eigenvalue weighted by molar-refractivity contribution is 7.84. The van der Waals surface area contributed by atoms with Gasteiger partial charge in [-0.3, -0.25) is 9.00 Å². The molecule has 31 heavy (non-hydrogen) atoms.